The summed E-state index contributed by atoms with van der Waals surface area (Å²) in [5.74, 6) is -0.332. The van der Waals surface area contributed by atoms with Crippen molar-refractivity contribution in [2.75, 3.05) is 6.54 Å². The van der Waals surface area contributed by atoms with E-state index in [2.05, 4.69) is 4.74 Å². The molecule has 2 aromatic carbocycles. The molecule has 0 saturated carbocycles. The summed E-state index contributed by atoms with van der Waals surface area (Å²) in [4.78, 5) is 16.1. The number of carbonyl (C=O) groups is 1. The lowest BCUT2D eigenvalue weighted by Crippen LogP contribution is -2.40. The Hall–Kier alpha value is -2.51. The molecule has 0 radical (unpaired) electrons. The molecular formula is C22H17ClF3NO2S. The van der Waals surface area contributed by atoms with E-state index in [1.165, 1.54) is 17.0 Å². The van der Waals surface area contributed by atoms with Crippen molar-refractivity contribution in [3.63, 3.8) is 0 Å². The molecule has 1 atom stereocenters. The van der Waals surface area contributed by atoms with Gasteiger partial charge in [0, 0.05) is 16.4 Å². The average molecular weight is 452 g/mol. The lowest BCUT2D eigenvalue weighted by Gasteiger charge is -2.36. The second-order valence-electron chi connectivity index (χ2n) is 6.96. The quantitative estimate of drug-likeness (QED) is 0.485. The Morgan fingerprint density at radius 2 is 1.80 bits per heavy atom. The van der Waals surface area contributed by atoms with Gasteiger partial charge in [0.05, 0.1) is 12.5 Å². The predicted molar refractivity (Wildman–Crippen MR) is 110 cm³/mol. The van der Waals surface area contributed by atoms with Crippen LogP contribution < -0.4 is 4.74 Å². The zero-order valence-corrected chi connectivity index (χ0v) is 17.2. The van der Waals surface area contributed by atoms with Gasteiger partial charge in [0.1, 0.15) is 5.75 Å². The number of hydrogen-bond donors (Lipinski definition) is 0. The number of halogens is 4. The van der Waals surface area contributed by atoms with Gasteiger partial charge in [0.15, 0.2) is 0 Å². The van der Waals surface area contributed by atoms with Crippen LogP contribution in [-0.4, -0.2) is 23.7 Å². The van der Waals surface area contributed by atoms with Crippen LogP contribution in [0.1, 0.15) is 27.6 Å². The summed E-state index contributed by atoms with van der Waals surface area (Å²) in [6, 6.07) is 14.5. The van der Waals surface area contributed by atoms with Gasteiger partial charge in [-0.3, -0.25) is 4.79 Å². The number of thiophene rings is 1. The number of rotatable bonds is 4. The van der Waals surface area contributed by atoms with Crippen LogP contribution in [0.15, 0.2) is 60.0 Å². The maximum Gasteiger partial charge on any atom is 0.573 e. The SMILES string of the molecule is O=C(Cc1ccc(Cl)cc1)N1CCc2sccc2C1c1ccc(OC(F)(F)F)cc1. The highest BCUT2D eigenvalue weighted by atomic mass is 35.5. The van der Waals surface area contributed by atoms with E-state index in [4.69, 9.17) is 11.6 Å². The molecular weight excluding hydrogens is 435 g/mol. The normalized spacial score (nSPS) is 16.3. The molecule has 1 aliphatic heterocycles. The van der Waals surface area contributed by atoms with E-state index in [1.807, 2.05) is 23.6 Å². The molecule has 0 N–H and O–H groups in total. The molecule has 2 heterocycles. The Morgan fingerprint density at radius 3 is 2.47 bits per heavy atom. The van der Waals surface area contributed by atoms with Gasteiger partial charge in [-0.15, -0.1) is 24.5 Å². The summed E-state index contributed by atoms with van der Waals surface area (Å²) in [5.41, 5.74) is 2.61. The van der Waals surface area contributed by atoms with Crippen LogP contribution in [0.5, 0.6) is 5.75 Å². The summed E-state index contributed by atoms with van der Waals surface area (Å²) in [6.45, 7) is 0.547. The highest BCUT2D eigenvalue weighted by molar-refractivity contribution is 7.10. The molecule has 1 aromatic heterocycles. The van der Waals surface area contributed by atoms with E-state index in [1.54, 1.807) is 40.5 Å². The van der Waals surface area contributed by atoms with Crippen LogP contribution in [0.25, 0.3) is 0 Å². The zero-order chi connectivity index (χ0) is 21.3. The van der Waals surface area contributed by atoms with Crippen LogP contribution in [0.4, 0.5) is 13.2 Å². The molecule has 0 bridgehead atoms. The molecule has 1 amide bonds. The summed E-state index contributed by atoms with van der Waals surface area (Å²) >= 11 is 7.55. The maximum absolute atomic E-state index is 13.1. The van der Waals surface area contributed by atoms with E-state index in [-0.39, 0.29) is 24.1 Å². The number of fused-ring (bicyclic) bond motifs is 1. The highest BCUT2D eigenvalue weighted by Gasteiger charge is 2.34. The van der Waals surface area contributed by atoms with Crippen molar-refractivity contribution in [2.45, 2.75) is 25.2 Å². The minimum Gasteiger partial charge on any atom is -0.406 e. The summed E-state index contributed by atoms with van der Waals surface area (Å²) < 4.78 is 41.4. The third-order valence-electron chi connectivity index (χ3n) is 4.98. The Balaban J connectivity index is 1.62. The number of alkyl halides is 3. The number of hydrogen-bond acceptors (Lipinski definition) is 3. The molecule has 4 rings (SSSR count). The number of benzene rings is 2. The molecule has 3 nitrogen and oxygen atoms in total. The number of ether oxygens (including phenoxy) is 1. The summed E-state index contributed by atoms with van der Waals surface area (Å²) in [5, 5.41) is 2.58. The molecule has 0 saturated heterocycles. The van der Waals surface area contributed by atoms with Crippen molar-refractivity contribution in [1.29, 1.82) is 0 Å². The first kappa shape index (κ1) is 20.8. The Kier molecular flexibility index (Phi) is 5.75. The first-order valence-corrected chi connectivity index (χ1v) is 10.5. The van der Waals surface area contributed by atoms with E-state index in [9.17, 15) is 18.0 Å². The molecule has 8 heteroatoms. The van der Waals surface area contributed by atoms with E-state index in [0.29, 0.717) is 11.6 Å². The van der Waals surface area contributed by atoms with E-state index in [0.717, 1.165) is 23.1 Å². The average Bonchev–Trinajstić information content (AvgIpc) is 3.17. The second kappa shape index (κ2) is 8.32. The summed E-state index contributed by atoms with van der Waals surface area (Å²) in [7, 11) is 0. The van der Waals surface area contributed by atoms with Crippen LogP contribution in [0, 0.1) is 0 Å². The standard InChI is InChI=1S/C22H17ClF3NO2S/c23-16-5-1-14(2-6-16)13-20(28)27-11-9-19-18(10-12-30-19)21(27)15-3-7-17(8-4-15)29-22(24,25)26/h1-8,10,12,21H,9,11,13H2. The molecule has 1 aliphatic rings. The fourth-order valence-corrected chi connectivity index (χ4v) is 4.70. The predicted octanol–water partition coefficient (Wildman–Crippen LogP) is 6.02. The largest absolute Gasteiger partial charge is 0.573 e. The van der Waals surface area contributed by atoms with Gasteiger partial charge in [0.25, 0.3) is 0 Å². The number of amides is 1. The molecule has 0 spiro atoms. The Labute approximate surface area is 180 Å². The first-order chi connectivity index (χ1) is 14.3. The van der Waals surface area contributed by atoms with Gasteiger partial charge >= 0.3 is 6.36 Å². The molecule has 0 aliphatic carbocycles. The lowest BCUT2D eigenvalue weighted by molar-refractivity contribution is -0.274. The molecule has 0 fully saturated rings. The monoisotopic (exact) mass is 451 g/mol. The Bertz CT molecular complexity index is 1030. The van der Waals surface area contributed by atoms with Crippen LogP contribution in [0.3, 0.4) is 0 Å². The molecule has 156 valence electrons. The first-order valence-electron chi connectivity index (χ1n) is 9.26. The van der Waals surface area contributed by atoms with Gasteiger partial charge < -0.3 is 9.64 Å². The van der Waals surface area contributed by atoms with E-state index < -0.39 is 6.36 Å². The zero-order valence-electron chi connectivity index (χ0n) is 15.7. The minimum absolute atomic E-state index is 0.0465. The van der Waals surface area contributed by atoms with Crippen LogP contribution in [0.2, 0.25) is 5.02 Å². The van der Waals surface area contributed by atoms with Crippen molar-refractivity contribution < 1.29 is 22.7 Å². The van der Waals surface area contributed by atoms with E-state index >= 15 is 0 Å². The minimum atomic E-state index is -4.74. The molecule has 3 aromatic rings. The van der Waals surface area contributed by atoms with Gasteiger partial charge in [0.2, 0.25) is 5.91 Å². The number of carbonyl (C=O) groups excluding carboxylic acids is 1. The fourth-order valence-electron chi connectivity index (χ4n) is 3.67. The van der Waals surface area contributed by atoms with Crippen molar-refractivity contribution in [1.82, 2.24) is 4.90 Å². The molecule has 30 heavy (non-hydrogen) atoms. The van der Waals surface area contributed by atoms with Gasteiger partial charge in [-0.25, -0.2) is 0 Å². The third-order valence-corrected chi connectivity index (χ3v) is 6.23. The van der Waals surface area contributed by atoms with Crippen molar-refractivity contribution >= 4 is 28.8 Å². The van der Waals surface area contributed by atoms with Crippen molar-refractivity contribution in [3.8, 4) is 5.75 Å². The van der Waals surface area contributed by atoms with Crippen molar-refractivity contribution in [3.05, 3.63) is 86.6 Å². The maximum atomic E-state index is 13.1. The van der Waals surface area contributed by atoms with Gasteiger partial charge in [-0.2, -0.15) is 0 Å². The highest BCUT2D eigenvalue weighted by Crippen LogP contribution is 2.39. The van der Waals surface area contributed by atoms with Crippen LogP contribution in [-0.2, 0) is 17.6 Å². The van der Waals surface area contributed by atoms with Crippen molar-refractivity contribution in [2.24, 2.45) is 0 Å². The molecule has 1 unspecified atom stereocenters. The summed E-state index contributed by atoms with van der Waals surface area (Å²) in [6.07, 6.45) is -3.76. The topological polar surface area (TPSA) is 29.5 Å². The Morgan fingerprint density at radius 1 is 1.10 bits per heavy atom. The lowest BCUT2D eigenvalue weighted by atomic mass is 9.92. The van der Waals surface area contributed by atoms with Gasteiger partial charge in [-0.1, -0.05) is 35.9 Å². The third kappa shape index (κ3) is 4.63. The number of nitrogens with zero attached hydrogens (tertiary/aromatic N) is 1. The van der Waals surface area contributed by atoms with Gasteiger partial charge in [-0.05, 0) is 58.8 Å². The smallest absolute Gasteiger partial charge is 0.406 e. The fraction of sp³-hybridized carbons (Fsp3) is 0.227. The van der Waals surface area contributed by atoms with Crippen LogP contribution >= 0.6 is 22.9 Å². The second-order valence-corrected chi connectivity index (χ2v) is 8.40.